The molecule has 2 rings (SSSR count). The first-order chi connectivity index (χ1) is 8.59. The number of nitrogens with two attached hydrogens (primary N) is 1. The zero-order valence-corrected chi connectivity index (χ0v) is 12.1. The summed E-state index contributed by atoms with van der Waals surface area (Å²) in [5.41, 5.74) is 6.45. The minimum atomic E-state index is -2.32. The summed E-state index contributed by atoms with van der Waals surface area (Å²) in [7, 11) is -0.707. The molecular weight excluding hydrogens is 247 g/mol. The SMILES string of the molecule is CCN1CC[PH](O)(c2ccc(N)c(OC)c2)CC1. The molecule has 1 fully saturated rings. The Balaban J connectivity index is 2.20. The van der Waals surface area contributed by atoms with E-state index < -0.39 is 7.49 Å². The fourth-order valence-electron chi connectivity index (χ4n) is 2.53. The van der Waals surface area contributed by atoms with Crippen LogP contribution in [0, 0.1) is 0 Å². The first-order valence-corrected chi connectivity index (χ1v) is 8.84. The van der Waals surface area contributed by atoms with Gasteiger partial charge in [-0.1, -0.05) is 0 Å². The molecule has 1 heterocycles. The van der Waals surface area contributed by atoms with Crippen LogP contribution in [0.25, 0.3) is 0 Å². The summed E-state index contributed by atoms with van der Waals surface area (Å²) in [5, 5.41) is 1.05. The number of ether oxygens (including phenoxy) is 1. The van der Waals surface area contributed by atoms with Gasteiger partial charge in [0.25, 0.3) is 0 Å². The summed E-state index contributed by atoms with van der Waals surface area (Å²) in [5.74, 6) is 0.673. The van der Waals surface area contributed by atoms with Gasteiger partial charge in [-0.15, -0.1) is 0 Å². The quantitative estimate of drug-likeness (QED) is 0.633. The topological polar surface area (TPSA) is 58.7 Å². The summed E-state index contributed by atoms with van der Waals surface area (Å²) in [6, 6.07) is 5.72. The number of methoxy groups -OCH3 is 1. The average Bonchev–Trinajstić information content (AvgIpc) is 2.40. The van der Waals surface area contributed by atoms with E-state index in [1.54, 1.807) is 7.11 Å². The third-order valence-corrected chi connectivity index (χ3v) is 7.39. The molecule has 0 atom stereocenters. The molecule has 5 heteroatoms. The second kappa shape index (κ2) is 5.43. The van der Waals surface area contributed by atoms with E-state index in [0.29, 0.717) is 11.4 Å². The van der Waals surface area contributed by atoms with Crippen molar-refractivity contribution < 1.29 is 9.63 Å². The molecule has 0 bridgehead atoms. The van der Waals surface area contributed by atoms with Crippen LogP contribution in [0.3, 0.4) is 0 Å². The minimum absolute atomic E-state index is 0.629. The van der Waals surface area contributed by atoms with Gasteiger partial charge in [-0.25, -0.2) is 0 Å². The second-order valence-electron chi connectivity index (χ2n) is 4.92. The summed E-state index contributed by atoms with van der Waals surface area (Å²) in [4.78, 5) is 13.3. The molecular formula is C13H23N2O2P. The van der Waals surface area contributed by atoms with Crippen LogP contribution in [-0.2, 0) is 0 Å². The third-order valence-electron chi connectivity index (χ3n) is 3.90. The van der Waals surface area contributed by atoms with Gasteiger partial charge in [0.05, 0.1) is 0 Å². The van der Waals surface area contributed by atoms with Gasteiger partial charge >= 0.3 is 109 Å². The summed E-state index contributed by atoms with van der Waals surface area (Å²) in [6.45, 7) is 5.21. The van der Waals surface area contributed by atoms with Crippen molar-refractivity contribution in [1.29, 1.82) is 0 Å². The molecule has 0 unspecified atom stereocenters. The number of nitrogens with zero attached hydrogens (tertiary/aromatic N) is 1. The standard InChI is InChI=1S/C13H23N2O2P/c1-3-15-6-8-18(16,9-7-15)11-4-5-12(14)13(10-11)17-2/h4-5,10,16,18H,3,6-9,14H2,1-2H3. The first-order valence-electron chi connectivity index (χ1n) is 6.48. The van der Waals surface area contributed by atoms with Crippen molar-refractivity contribution in [3.63, 3.8) is 0 Å². The van der Waals surface area contributed by atoms with Gasteiger partial charge < -0.3 is 0 Å². The molecule has 1 aliphatic rings. The number of anilines is 1. The first kappa shape index (κ1) is 13.6. The molecule has 0 aromatic heterocycles. The van der Waals surface area contributed by atoms with Crippen LogP contribution in [0.4, 0.5) is 5.69 Å². The molecule has 1 aliphatic heterocycles. The number of hydrogen-bond donors (Lipinski definition) is 2. The molecule has 1 saturated heterocycles. The van der Waals surface area contributed by atoms with E-state index in [2.05, 4.69) is 11.8 Å². The van der Waals surface area contributed by atoms with Crippen molar-refractivity contribution in [2.24, 2.45) is 0 Å². The number of hydrogen-bond acceptors (Lipinski definition) is 4. The van der Waals surface area contributed by atoms with Crippen molar-refractivity contribution in [3.8, 4) is 5.75 Å². The van der Waals surface area contributed by atoms with Crippen LogP contribution in [0.15, 0.2) is 18.2 Å². The number of rotatable bonds is 3. The predicted molar refractivity (Wildman–Crippen MR) is 79.4 cm³/mol. The van der Waals surface area contributed by atoms with Crippen molar-refractivity contribution >= 4 is 18.5 Å². The van der Waals surface area contributed by atoms with E-state index in [1.165, 1.54) is 0 Å². The molecule has 0 radical (unpaired) electrons. The van der Waals surface area contributed by atoms with Crippen LogP contribution in [0.5, 0.6) is 5.75 Å². The third kappa shape index (κ3) is 2.61. The average molecular weight is 270 g/mol. The zero-order valence-electron chi connectivity index (χ0n) is 11.1. The molecule has 0 saturated carbocycles. The van der Waals surface area contributed by atoms with Gasteiger partial charge in [0.1, 0.15) is 0 Å². The van der Waals surface area contributed by atoms with Gasteiger partial charge in [0.15, 0.2) is 0 Å². The Labute approximate surface area is 109 Å². The monoisotopic (exact) mass is 270 g/mol. The Kier molecular flexibility index (Phi) is 4.10. The fraction of sp³-hybridized carbons (Fsp3) is 0.538. The molecule has 0 amide bonds. The van der Waals surface area contributed by atoms with E-state index in [0.717, 1.165) is 37.3 Å². The molecule has 102 valence electrons. The fourth-order valence-corrected chi connectivity index (χ4v) is 5.52. The van der Waals surface area contributed by atoms with E-state index in [4.69, 9.17) is 10.5 Å². The summed E-state index contributed by atoms with van der Waals surface area (Å²) in [6.07, 6.45) is 1.79. The van der Waals surface area contributed by atoms with Gasteiger partial charge in [0, 0.05) is 0 Å². The van der Waals surface area contributed by atoms with Crippen molar-refractivity contribution in [3.05, 3.63) is 18.2 Å². The van der Waals surface area contributed by atoms with Crippen LogP contribution in [0.2, 0.25) is 0 Å². The maximum atomic E-state index is 10.9. The number of benzene rings is 1. The second-order valence-corrected chi connectivity index (χ2v) is 8.56. The van der Waals surface area contributed by atoms with Gasteiger partial charge in [-0.2, -0.15) is 0 Å². The van der Waals surface area contributed by atoms with E-state index in [-0.39, 0.29) is 0 Å². The Morgan fingerprint density at radius 2 is 2.06 bits per heavy atom. The Morgan fingerprint density at radius 1 is 1.39 bits per heavy atom. The van der Waals surface area contributed by atoms with Gasteiger partial charge in [-0.05, 0) is 0 Å². The molecule has 0 spiro atoms. The molecule has 1 aromatic carbocycles. The van der Waals surface area contributed by atoms with E-state index >= 15 is 0 Å². The van der Waals surface area contributed by atoms with Crippen LogP contribution in [0.1, 0.15) is 6.92 Å². The molecule has 1 aromatic rings. The Morgan fingerprint density at radius 3 is 2.61 bits per heavy atom. The summed E-state index contributed by atoms with van der Waals surface area (Å²) >= 11 is 0. The van der Waals surface area contributed by atoms with Gasteiger partial charge in [0.2, 0.25) is 0 Å². The maximum absolute atomic E-state index is 10.9. The molecule has 4 nitrogen and oxygen atoms in total. The Bertz CT molecular complexity index is 417. The zero-order chi connectivity index (χ0) is 13.2. The van der Waals surface area contributed by atoms with Crippen molar-refractivity contribution in [2.75, 3.05) is 44.8 Å². The molecule has 18 heavy (non-hydrogen) atoms. The summed E-state index contributed by atoms with van der Waals surface area (Å²) < 4.78 is 5.24. The predicted octanol–water partition coefficient (Wildman–Crippen LogP) is 0.895. The Hall–Kier alpha value is -0.830. The van der Waals surface area contributed by atoms with Crippen LogP contribution in [-0.4, -0.2) is 48.9 Å². The van der Waals surface area contributed by atoms with Crippen molar-refractivity contribution in [1.82, 2.24) is 4.90 Å². The molecule has 3 N–H and O–H groups in total. The van der Waals surface area contributed by atoms with Gasteiger partial charge in [-0.3, -0.25) is 0 Å². The van der Waals surface area contributed by atoms with Crippen molar-refractivity contribution in [2.45, 2.75) is 6.92 Å². The van der Waals surface area contributed by atoms with E-state index in [9.17, 15) is 4.89 Å². The molecule has 0 aliphatic carbocycles. The number of nitrogen functional groups attached to an aromatic ring is 1. The normalized spacial score (nSPS) is 21.5. The van der Waals surface area contributed by atoms with Crippen LogP contribution >= 0.6 is 7.49 Å². The van der Waals surface area contributed by atoms with E-state index in [1.807, 2.05) is 18.2 Å². The van der Waals surface area contributed by atoms with Crippen LogP contribution < -0.4 is 15.8 Å².